The van der Waals surface area contributed by atoms with Gasteiger partial charge in [-0.15, -0.1) is 0 Å². The molecule has 0 fully saturated rings. The van der Waals surface area contributed by atoms with Crippen LogP contribution in [0.4, 0.5) is 10.1 Å². The maximum absolute atomic E-state index is 13.5. The number of carbonyl (C=O) groups excluding carboxylic acids is 1. The van der Waals surface area contributed by atoms with Crippen LogP contribution in [0, 0.1) is 15.9 Å². The highest BCUT2D eigenvalue weighted by atomic mass is 19.1. The summed E-state index contributed by atoms with van der Waals surface area (Å²) in [5.41, 5.74) is -1.84. The summed E-state index contributed by atoms with van der Waals surface area (Å²) in [6, 6.07) is 2.76. The van der Waals surface area contributed by atoms with Crippen LogP contribution in [-0.2, 0) is 0 Å². The van der Waals surface area contributed by atoms with Crippen LogP contribution >= 0.6 is 0 Å². The van der Waals surface area contributed by atoms with Crippen LogP contribution in [0.1, 0.15) is 24.2 Å². The molecule has 7 heteroatoms. The minimum atomic E-state index is -1.12. The van der Waals surface area contributed by atoms with Gasteiger partial charge < -0.3 is 10.4 Å². The van der Waals surface area contributed by atoms with Gasteiger partial charge in [-0.1, -0.05) is 0 Å². The monoisotopic (exact) mass is 256 g/mol. The SMILES string of the molecule is CC(C)(O)CNC(=O)c1ccc([N+](=O)[O-])cc1F. The van der Waals surface area contributed by atoms with Crippen molar-refractivity contribution in [3.8, 4) is 0 Å². The Morgan fingerprint density at radius 1 is 1.56 bits per heavy atom. The molecule has 0 bridgehead atoms. The summed E-state index contributed by atoms with van der Waals surface area (Å²) in [5, 5.41) is 22.1. The van der Waals surface area contributed by atoms with Crippen molar-refractivity contribution >= 4 is 11.6 Å². The zero-order valence-electron chi connectivity index (χ0n) is 9.94. The van der Waals surface area contributed by atoms with E-state index in [-0.39, 0.29) is 12.1 Å². The standard InChI is InChI=1S/C11H13FN2O4/c1-11(2,16)6-13-10(15)8-4-3-7(14(17)18)5-9(8)12/h3-5,16H,6H2,1-2H3,(H,13,15). The van der Waals surface area contributed by atoms with Crippen LogP contribution in [0.25, 0.3) is 0 Å². The van der Waals surface area contributed by atoms with E-state index < -0.39 is 27.9 Å². The van der Waals surface area contributed by atoms with Gasteiger partial charge in [0, 0.05) is 12.6 Å². The third-order valence-electron chi connectivity index (χ3n) is 2.09. The molecule has 1 aromatic carbocycles. The van der Waals surface area contributed by atoms with Crippen molar-refractivity contribution < 1.29 is 19.2 Å². The first-order valence-corrected chi connectivity index (χ1v) is 5.15. The fraction of sp³-hybridized carbons (Fsp3) is 0.364. The number of nitrogens with zero attached hydrogens (tertiary/aromatic N) is 1. The van der Waals surface area contributed by atoms with Crippen LogP contribution in [-0.4, -0.2) is 28.1 Å². The van der Waals surface area contributed by atoms with Gasteiger partial charge in [-0.05, 0) is 19.9 Å². The molecule has 98 valence electrons. The second-order valence-corrected chi connectivity index (χ2v) is 4.42. The lowest BCUT2D eigenvalue weighted by atomic mass is 10.1. The summed E-state index contributed by atoms with van der Waals surface area (Å²) in [7, 11) is 0. The summed E-state index contributed by atoms with van der Waals surface area (Å²) >= 11 is 0. The van der Waals surface area contributed by atoms with E-state index in [0.717, 1.165) is 12.1 Å². The van der Waals surface area contributed by atoms with E-state index in [0.29, 0.717) is 6.07 Å². The largest absolute Gasteiger partial charge is 0.389 e. The van der Waals surface area contributed by atoms with Crippen molar-refractivity contribution in [3.63, 3.8) is 0 Å². The molecule has 0 atom stereocenters. The quantitative estimate of drug-likeness (QED) is 0.626. The lowest BCUT2D eigenvalue weighted by Crippen LogP contribution is -2.38. The zero-order chi connectivity index (χ0) is 13.9. The number of nitro benzene ring substituents is 1. The van der Waals surface area contributed by atoms with E-state index in [9.17, 15) is 24.4 Å². The predicted octanol–water partition coefficient (Wildman–Crippen LogP) is 1.23. The average molecular weight is 256 g/mol. The predicted molar refractivity (Wildman–Crippen MR) is 61.7 cm³/mol. The third kappa shape index (κ3) is 3.77. The Morgan fingerprint density at radius 2 is 2.17 bits per heavy atom. The summed E-state index contributed by atoms with van der Waals surface area (Å²) < 4.78 is 13.5. The minimum Gasteiger partial charge on any atom is -0.389 e. The summed E-state index contributed by atoms with van der Waals surface area (Å²) in [6.07, 6.45) is 0. The second kappa shape index (κ2) is 5.09. The van der Waals surface area contributed by atoms with Gasteiger partial charge in [0.25, 0.3) is 11.6 Å². The van der Waals surface area contributed by atoms with Crippen molar-refractivity contribution in [3.05, 3.63) is 39.7 Å². The Kier molecular flexibility index (Phi) is 3.97. The third-order valence-corrected chi connectivity index (χ3v) is 2.09. The first-order chi connectivity index (χ1) is 8.20. The Balaban J connectivity index is 2.84. The van der Waals surface area contributed by atoms with E-state index in [2.05, 4.69) is 5.32 Å². The van der Waals surface area contributed by atoms with E-state index in [1.807, 2.05) is 0 Å². The molecule has 0 aliphatic heterocycles. The lowest BCUT2D eigenvalue weighted by molar-refractivity contribution is -0.385. The van der Waals surface area contributed by atoms with Gasteiger partial charge in [-0.25, -0.2) is 4.39 Å². The number of hydrogen-bond acceptors (Lipinski definition) is 4. The number of rotatable bonds is 4. The van der Waals surface area contributed by atoms with Crippen molar-refractivity contribution in [2.24, 2.45) is 0 Å². The van der Waals surface area contributed by atoms with Crippen LogP contribution in [0.3, 0.4) is 0 Å². The van der Waals surface area contributed by atoms with Gasteiger partial charge in [0.05, 0.1) is 22.2 Å². The van der Waals surface area contributed by atoms with Crippen LogP contribution < -0.4 is 5.32 Å². The summed E-state index contributed by atoms with van der Waals surface area (Å²) in [6.45, 7) is 2.92. The van der Waals surface area contributed by atoms with Gasteiger partial charge in [-0.3, -0.25) is 14.9 Å². The Morgan fingerprint density at radius 3 is 2.61 bits per heavy atom. The molecule has 1 rings (SSSR count). The molecule has 0 saturated carbocycles. The molecular formula is C11H13FN2O4. The normalized spacial score (nSPS) is 11.1. The van der Waals surface area contributed by atoms with E-state index in [4.69, 9.17) is 0 Å². The van der Waals surface area contributed by atoms with E-state index >= 15 is 0 Å². The molecule has 0 saturated heterocycles. The Bertz CT molecular complexity index is 482. The molecule has 0 heterocycles. The van der Waals surface area contributed by atoms with Gasteiger partial charge in [0.1, 0.15) is 5.82 Å². The van der Waals surface area contributed by atoms with Crippen molar-refractivity contribution in [2.75, 3.05) is 6.54 Å². The molecule has 6 nitrogen and oxygen atoms in total. The van der Waals surface area contributed by atoms with Crippen LogP contribution in [0.2, 0.25) is 0 Å². The van der Waals surface area contributed by atoms with Crippen molar-refractivity contribution in [1.29, 1.82) is 0 Å². The van der Waals surface area contributed by atoms with Crippen LogP contribution in [0.5, 0.6) is 0 Å². The summed E-state index contributed by atoms with van der Waals surface area (Å²) in [5.74, 6) is -1.71. The number of carbonyl (C=O) groups is 1. The number of nitrogens with one attached hydrogen (secondary N) is 1. The van der Waals surface area contributed by atoms with E-state index in [1.54, 1.807) is 0 Å². The molecule has 0 aliphatic rings. The second-order valence-electron chi connectivity index (χ2n) is 4.42. The molecule has 0 radical (unpaired) electrons. The van der Waals surface area contributed by atoms with Crippen LogP contribution in [0.15, 0.2) is 18.2 Å². The number of non-ortho nitro benzene ring substituents is 1. The number of aliphatic hydroxyl groups is 1. The number of hydrogen-bond donors (Lipinski definition) is 2. The zero-order valence-corrected chi connectivity index (χ0v) is 9.94. The molecule has 0 aromatic heterocycles. The first kappa shape index (κ1) is 14.0. The van der Waals surface area contributed by atoms with Gasteiger partial charge >= 0.3 is 0 Å². The van der Waals surface area contributed by atoms with Gasteiger partial charge in [-0.2, -0.15) is 0 Å². The maximum Gasteiger partial charge on any atom is 0.272 e. The fourth-order valence-corrected chi connectivity index (χ4v) is 1.19. The number of nitro groups is 1. The summed E-state index contributed by atoms with van der Waals surface area (Å²) in [4.78, 5) is 21.2. The average Bonchev–Trinajstić information content (AvgIpc) is 2.24. The van der Waals surface area contributed by atoms with E-state index in [1.165, 1.54) is 13.8 Å². The molecule has 1 aromatic rings. The molecule has 1 amide bonds. The minimum absolute atomic E-state index is 0.0533. The number of halogens is 1. The molecule has 2 N–H and O–H groups in total. The highest BCUT2D eigenvalue weighted by Crippen LogP contribution is 2.16. The van der Waals surface area contributed by atoms with Gasteiger partial charge in [0.15, 0.2) is 0 Å². The van der Waals surface area contributed by atoms with Crippen molar-refractivity contribution in [2.45, 2.75) is 19.4 Å². The molecule has 0 spiro atoms. The molecular weight excluding hydrogens is 243 g/mol. The fourth-order valence-electron chi connectivity index (χ4n) is 1.19. The Hall–Kier alpha value is -2.02. The maximum atomic E-state index is 13.5. The molecule has 18 heavy (non-hydrogen) atoms. The molecule has 0 unspecified atom stereocenters. The molecule has 0 aliphatic carbocycles. The first-order valence-electron chi connectivity index (χ1n) is 5.15. The highest BCUT2D eigenvalue weighted by Gasteiger charge is 2.19. The smallest absolute Gasteiger partial charge is 0.272 e. The highest BCUT2D eigenvalue weighted by molar-refractivity contribution is 5.94. The van der Waals surface area contributed by atoms with Crippen molar-refractivity contribution in [1.82, 2.24) is 5.32 Å². The topological polar surface area (TPSA) is 92.5 Å². The number of amides is 1. The lowest BCUT2D eigenvalue weighted by Gasteiger charge is -2.17. The Labute approximate surface area is 103 Å². The number of benzene rings is 1. The van der Waals surface area contributed by atoms with Gasteiger partial charge in [0.2, 0.25) is 0 Å².